The second kappa shape index (κ2) is 11.9. The Morgan fingerprint density at radius 2 is 1.69 bits per heavy atom. The number of esters is 2. The highest BCUT2D eigenvalue weighted by atomic mass is 16.6. The Morgan fingerprint density at radius 3 is 2.31 bits per heavy atom. The zero-order chi connectivity index (χ0) is 21.9. The molecule has 0 saturated heterocycles. The van der Waals surface area contributed by atoms with Gasteiger partial charge in [0.15, 0.2) is 0 Å². The Labute approximate surface area is 172 Å². The van der Waals surface area contributed by atoms with Crippen LogP contribution in [0.5, 0.6) is 0 Å². The molecule has 0 aliphatic heterocycles. The van der Waals surface area contributed by atoms with Crippen LogP contribution in [0.25, 0.3) is 0 Å². The van der Waals surface area contributed by atoms with Crippen molar-refractivity contribution in [1.82, 2.24) is 5.32 Å². The number of carbonyl (C=O) groups is 3. The van der Waals surface area contributed by atoms with Gasteiger partial charge in [0.2, 0.25) is 0 Å². The number of rotatable bonds is 10. The summed E-state index contributed by atoms with van der Waals surface area (Å²) in [6.45, 7) is 9.27. The normalized spacial score (nSPS) is 11.9. The van der Waals surface area contributed by atoms with Crippen molar-refractivity contribution in [2.75, 3.05) is 25.1 Å². The van der Waals surface area contributed by atoms with Gasteiger partial charge in [-0.2, -0.15) is 0 Å². The van der Waals surface area contributed by atoms with Gasteiger partial charge in [-0.25, -0.2) is 9.59 Å². The third-order valence-electron chi connectivity index (χ3n) is 3.71. The molecule has 29 heavy (non-hydrogen) atoms. The van der Waals surface area contributed by atoms with Gasteiger partial charge in [-0.15, -0.1) is 0 Å². The fourth-order valence-corrected chi connectivity index (χ4v) is 2.53. The number of para-hydroxylation sites is 1. The maximum atomic E-state index is 12.3. The van der Waals surface area contributed by atoms with Crippen molar-refractivity contribution in [3.05, 3.63) is 29.8 Å². The van der Waals surface area contributed by atoms with Gasteiger partial charge in [0.1, 0.15) is 18.2 Å². The molecule has 0 fully saturated rings. The third-order valence-corrected chi connectivity index (χ3v) is 3.71. The number of hydrogen-bond acceptors (Lipinski definition) is 7. The molecule has 0 spiro atoms. The summed E-state index contributed by atoms with van der Waals surface area (Å²) in [7, 11) is 0. The van der Waals surface area contributed by atoms with E-state index in [-0.39, 0.29) is 19.1 Å². The number of alkyl carbamates (subject to hydrolysis) is 1. The van der Waals surface area contributed by atoms with Crippen molar-refractivity contribution in [1.29, 1.82) is 0 Å². The number of carbonyl (C=O) groups excluding carboxylic acids is 3. The van der Waals surface area contributed by atoms with Crippen molar-refractivity contribution in [2.24, 2.45) is 0 Å². The number of amides is 1. The first kappa shape index (κ1) is 24.3. The summed E-state index contributed by atoms with van der Waals surface area (Å²) in [6.07, 6.45) is 0.117. The Hall–Kier alpha value is -2.77. The summed E-state index contributed by atoms with van der Waals surface area (Å²) in [5.41, 5.74) is 0.991. The molecule has 0 aliphatic carbocycles. The molecule has 2 N–H and O–H groups in total. The number of ether oxygens (including phenoxy) is 3. The molecule has 1 aromatic carbocycles. The van der Waals surface area contributed by atoms with Gasteiger partial charge in [-0.1, -0.05) is 18.2 Å². The minimum atomic E-state index is -0.845. The zero-order valence-electron chi connectivity index (χ0n) is 17.9. The van der Waals surface area contributed by atoms with Gasteiger partial charge in [-0.05, 0) is 59.1 Å². The first-order chi connectivity index (χ1) is 13.7. The second-order valence-corrected chi connectivity index (χ2v) is 7.31. The number of aryl methyl sites for hydroxylation is 1. The molecule has 1 atom stereocenters. The summed E-state index contributed by atoms with van der Waals surface area (Å²) < 4.78 is 15.2. The highest BCUT2D eigenvalue weighted by Gasteiger charge is 2.25. The van der Waals surface area contributed by atoms with E-state index in [1.807, 2.05) is 24.3 Å². The fourth-order valence-electron chi connectivity index (χ4n) is 2.53. The lowest BCUT2D eigenvalue weighted by Gasteiger charge is -2.23. The summed E-state index contributed by atoms with van der Waals surface area (Å²) in [6, 6.07) is 6.60. The molecular weight excluding hydrogens is 376 g/mol. The van der Waals surface area contributed by atoms with E-state index in [1.54, 1.807) is 34.6 Å². The van der Waals surface area contributed by atoms with Crippen LogP contribution in [-0.4, -0.2) is 49.4 Å². The van der Waals surface area contributed by atoms with Crippen LogP contribution in [0.4, 0.5) is 10.5 Å². The van der Waals surface area contributed by atoms with E-state index in [1.165, 1.54) is 0 Å². The van der Waals surface area contributed by atoms with E-state index in [0.717, 1.165) is 11.3 Å². The van der Waals surface area contributed by atoms with E-state index >= 15 is 0 Å². The molecule has 0 bridgehead atoms. The van der Waals surface area contributed by atoms with Crippen molar-refractivity contribution >= 4 is 23.7 Å². The quantitative estimate of drug-likeness (QED) is 0.453. The summed E-state index contributed by atoms with van der Waals surface area (Å²) in [5, 5.41) is 5.63. The van der Waals surface area contributed by atoms with Crippen LogP contribution in [0.3, 0.4) is 0 Å². The van der Waals surface area contributed by atoms with Crippen molar-refractivity contribution in [3.8, 4) is 0 Å². The monoisotopic (exact) mass is 408 g/mol. The Morgan fingerprint density at radius 1 is 1.03 bits per heavy atom. The van der Waals surface area contributed by atoms with Crippen LogP contribution < -0.4 is 10.6 Å². The zero-order valence-corrected chi connectivity index (χ0v) is 17.9. The average Bonchev–Trinajstić information content (AvgIpc) is 2.63. The minimum absolute atomic E-state index is 0.0440. The van der Waals surface area contributed by atoms with Crippen LogP contribution in [0, 0.1) is 0 Å². The Kier molecular flexibility index (Phi) is 9.99. The molecule has 1 amide bonds. The molecule has 0 aromatic heterocycles. The molecular formula is C21H32N2O6. The summed E-state index contributed by atoms with van der Waals surface area (Å²) in [4.78, 5) is 35.9. The molecule has 162 valence electrons. The smallest absolute Gasteiger partial charge is 0.408 e. The van der Waals surface area contributed by atoms with Crippen LogP contribution in [-0.2, 0) is 30.2 Å². The average molecular weight is 408 g/mol. The number of nitrogens with one attached hydrogen (secondary N) is 2. The Bertz CT molecular complexity index is 684. The van der Waals surface area contributed by atoms with Gasteiger partial charge >= 0.3 is 18.0 Å². The highest BCUT2D eigenvalue weighted by molar-refractivity contribution is 5.81. The van der Waals surface area contributed by atoms with E-state index in [9.17, 15) is 14.4 Å². The lowest BCUT2D eigenvalue weighted by atomic mass is 10.0. The predicted molar refractivity (Wildman–Crippen MR) is 110 cm³/mol. The van der Waals surface area contributed by atoms with Gasteiger partial charge in [0, 0.05) is 5.69 Å². The maximum Gasteiger partial charge on any atom is 0.408 e. The largest absolute Gasteiger partial charge is 0.465 e. The lowest BCUT2D eigenvalue weighted by Crippen LogP contribution is -2.44. The first-order valence-electron chi connectivity index (χ1n) is 9.79. The van der Waals surface area contributed by atoms with Crippen LogP contribution in [0.15, 0.2) is 24.3 Å². The molecule has 8 heteroatoms. The molecule has 0 heterocycles. The Balaban J connectivity index is 2.79. The van der Waals surface area contributed by atoms with Gasteiger partial charge < -0.3 is 24.8 Å². The number of anilines is 1. The van der Waals surface area contributed by atoms with E-state index in [4.69, 9.17) is 14.2 Å². The molecule has 1 rings (SSSR count). The lowest BCUT2D eigenvalue weighted by molar-refractivity contribution is -0.145. The topological polar surface area (TPSA) is 103 Å². The van der Waals surface area contributed by atoms with E-state index < -0.39 is 23.7 Å². The molecule has 0 saturated carbocycles. The first-order valence-corrected chi connectivity index (χ1v) is 9.79. The number of hydrogen-bond donors (Lipinski definition) is 2. The molecule has 8 nitrogen and oxygen atoms in total. The molecule has 1 unspecified atom stereocenters. The SMILES string of the molecule is CCOC(=O)CNc1ccccc1CCC(NC(=O)OC(C)(C)C)C(=O)OCC. The maximum absolute atomic E-state index is 12.3. The fraction of sp³-hybridized carbons (Fsp3) is 0.571. The standard InChI is InChI=1S/C21H32N2O6/c1-6-27-18(24)14-22-16-11-9-8-10-15(16)12-13-17(19(25)28-7-2)23-20(26)29-21(3,4)5/h8-11,17,22H,6-7,12-14H2,1-5H3,(H,23,26). The van der Waals surface area contributed by atoms with Crippen molar-refractivity contribution < 1.29 is 28.6 Å². The van der Waals surface area contributed by atoms with Crippen molar-refractivity contribution in [3.63, 3.8) is 0 Å². The highest BCUT2D eigenvalue weighted by Crippen LogP contribution is 2.18. The molecule has 0 aliphatic rings. The summed E-state index contributed by atoms with van der Waals surface area (Å²) >= 11 is 0. The van der Waals surface area contributed by atoms with Gasteiger partial charge in [0.05, 0.1) is 13.2 Å². The van der Waals surface area contributed by atoms with E-state index in [2.05, 4.69) is 10.6 Å². The molecule has 0 radical (unpaired) electrons. The summed E-state index contributed by atoms with van der Waals surface area (Å²) in [5.74, 6) is -0.867. The second-order valence-electron chi connectivity index (χ2n) is 7.31. The van der Waals surface area contributed by atoms with Crippen LogP contribution >= 0.6 is 0 Å². The minimum Gasteiger partial charge on any atom is -0.465 e. The van der Waals surface area contributed by atoms with Gasteiger partial charge in [0.25, 0.3) is 0 Å². The van der Waals surface area contributed by atoms with E-state index in [0.29, 0.717) is 19.4 Å². The predicted octanol–water partition coefficient (Wildman–Crippen LogP) is 3.05. The van der Waals surface area contributed by atoms with Crippen LogP contribution in [0.1, 0.15) is 46.6 Å². The van der Waals surface area contributed by atoms with Crippen molar-refractivity contribution in [2.45, 2.75) is 59.1 Å². The molecule has 1 aromatic rings. The third kappa shape index (κ3) is 9.82. The van der Waals surface area contributed by atoms with Crippen LogP contribution in [0.2, 0.25) is 0 Å². The number of benzene rings is 1. The van der Waals surface area contributed by atoms with Gasteiger partial charge in [-0.3, -0.25) is 4.79 Å².